The van der Waals surface area contributed by atoms with Crippen LogP contribution in [0.3, 0.4) is 0 Å². The van der Waals surface area contributed by atoms with E-state index in [1.54, 1.807) is 0 Å². The first-order chi connectivity index (χ1) is 10.8. The fourth-order valence-electron chi connectivity index (χ4n) is 2.21. The summed E-state index contributed by atoms with van der Waals surface area (Å²) in [5, 5.41) is 11.9. The third-order valence-corrected chi connectivity index (χ3v) is 3.38. The second kappa shape index (κ2) is 8.62. The SMILES string of the molecule is OCCNCc1ccc(OCc2ccc3c(c2)OCO3)cc1.[Cl-]. The fraction of sp³-hybridized carbons (Fsp3) is 0.294. The highest BCUT2D eigenvalue weighted by molar-refractivity contribution is 5.44. The fourth-order valence-corrected chi connectivity index (χ4v) is 2.21. The Kier molecular flexibility index (Phi) is 6.52. The summed E-state index contributed by atoms with van der Waals surface area (Å²) < 4.78 is 16.4. The Balaban J connectivity index is 0.00000192. The molecule has 0 bridgehead atoms. The number of hydrogen-bond acceptors (Lipinski definition) is 5. The van der Waals surface area contributed by atoms with E-state index in [1.807, 2.05) is 42.5 Å². The molecule has 0 radical (unpaired) electrons. The van der Waals surface area contributed by atoms with Gasteiger partial charge in [0.1, 0.15) is 12.4 Å². The molecule has 1 heterocycles. The first-order valence-corrected chi connectivity index (χ1v) is 7.27. The number of halogens is 1. The Bertz CT molecular complexity index is 618. The molecule has 0 aliphatic carbocycles. The summed E-state index contributed by atoms with van der Waals surface area (Å²) in [6, 6.07) is 13.7. The van der Waals surface area contributed by atoms with E-state index in [4.69, 9.17) is 19.3 Å². The van der Waals surface area contributed by atoms with Crippen molar-refractivity contribution in [3.05, 3.63) is 53.6 Å². The summed E-state index contributed by atoms with van der Waals surface area (Å²) >= 11 is 0. The second-order valence-electron chi connectivity index (χ2n) is 5.02. The number of ether oxygens (including phenoxy) is 3. The van der Waals surface area contributed by atoms with Crippen molar-refractivity contribution >= 4 is 0 Å². The van der Waals surface area contributed by atoms with Gasteiger partial charge in [0.05, 0.1) is 6.61 Å². The van der Waals surface area contributed by atoms with Gasteiger partial charge in [-0.05, 0) is 35.4 Å². The number of aliphatic hydroxyl groups is 1. The molecule has 0 atom stereocenters. The van der Waals surface area contributed by atoms with Crippen molar-refractivity contribution in [3.8, 4) is 17.2 Å². The Morgan fingerprint density at radius 1 is 1.00 bits per heavy atom. The lowest BCUT2D eigenvalue weighted by molar-refractivity contribution is -0.00000741. The molecule has 0 saturated heterocycles. The molecule has 0 saturated carbocycles. The van der Waals surface area contributed by atoms with Crippen molar-refractivity contribution in [2.45, 2.75) is 13.2 Å². The Morgan fingerprint density at radius 3 is 2.52 bits per heavy atom. The van der Waals surface area contributed by atoms with Crippen molar-refractivity contribution in [1.29, 1.82) is 0 Å². The number of aliphatic hydroxyl groups excluding tert-OH is 1. The Morgan fingerprint density at radius 2 is 1.74 bits per heavy atom. The molecule has 2 aromatic rings. The van der Waals surface area contributed by atoms with Crippen molar-refractivity contribution in [2.24, 2.45) is 0 Å². The van der Waals surface area contributed by atoms with Gasteiger partial charge < -0.3 is 37.0 Å². The molecule has 0 fully saturated rings. The van der Waals surface area contributed by atoms with Gasteiger partial charge in [0, 0.05) is 13.1 Å². The highest BCUT2D eigenvalue weighted by Gasteiger charge is 2.13. The number of hydrogen-bond donors (Lipinski definition) is 2. The molecule has 6 heteroatoms. The van der Waals surface area contributed by atoms with E-state index in [9.17, 15) is 0 Å². The lowest BCUT2D eigenvalue weighted by atomic mass is 10.2. The second-order valence-corrected chi connectivity index (χ2v) is 5.02. The van der Waals surface area contributed by atoms with Gasteiger partial charge in [-0.15, -0.1) is 0 Å². The van der Waals surface area contributed by atoms with E-state index in [2.05, 4.69) is 5.32 Å². The van der Waals surface area contributed by atoms with Crippen LogP contribution in [0.5, 0.6) is 17.2 Å². The van der Waals surface area contributed by atoms with Crippen LogP contribution in [-0.2, 0) is 13.2 Å². The highest BCUT2D eigenvalue weighted by atomic mass is 35.5. The lowest BCUT2D eigenvalue weighted by Gasteiger charge is -2.08. The summed E-state index contributed by atoms with van der Waals surface area (Å²) in [5.74, 6) is 2.37. The van der Waals surface area contributed by atoms with Gasteiger partial charge in [0.2, 0.25) is 6.79 Å². The minimum Gasteiger partial charge on any atom is -1.00 e. The van der Waals surface area contributed by atoms with Crippen LogP contribution in [0.2, 0.25) is 0 Å². The quantitative estimate of drug-likeness (QED) is 0.641. The maximum absolute atomic E-state index is 8.73. The zero-order chi connectivity index (χ0) is 15.2. The third-order valence-electron chi connectivity index (χ3n) is 3.38. The molecule has 5 nitrogen and oxygen atoms in total. The molecule has 2 N–H and O–H groups in total. The van der Waals surface area contributed by atoms with Crippen LogP contribution in [0.25, 0.3) is 0 Å². The summed E-state index contributed by atoms with van der Waals surface area (Å²) in [5.41, 5.74) is 2.20. The van der Waals surface area contributed by atoms with E-state index in [0.717, 1.165) is 34.9 Å². The number of nitrogens with one attached hydrogen (secondary N) is 1. The molecular formula is C17H19ClNO4-. The van der Waals surface area contributed by atoms with Crippen molar-refractivity contribution in [2.75, 3.05) is 19.9 Å². The molecule has 2 aromatic carbocycles. The van der Waals surface area contributed by atoms with Gasteiger partial charge in [-0.25, -0.2) is 0 Å². The van der Waals surface area contributed by atoms with E-state index >= 15 is 0 Å². The Hall–Kier alpha value is -1.95. The summed E-state index contributed by atoms with van der Waals surface area (Å²) in [7, 11) is 0. The first-order valence-electron chi connectivity index (χ1n) is 7.27. The van der Waals surface area contributed by atoms with Gasteiger partial charge in [-0.1, -0.05) is 18.2 Å². The normalized spacial score (nSPS) is 11.9. The zero-order valence-corrected chi connectivity index (χ0v) is 13.4. The average Bonchev–Trinajstić information content (AvgIpc) is 3.02. The van der Waals surface area contributed by atoms with E-state index in [1.165, 1.54) is 0 Å². The molecule has 0 amide bonds. The lowest BCUT2D eigenvalue weighted by Crippen LogP contribution is -3.00. The maximum Gasteiger partial charge on any atom is 0.231 e. The summed E-state index contributed by atoms with van der Waals surface area (Å²) in [6.07, 6.45) is 0. The molecule has 1 aliphatic heterocycles. The topological polar surface area (TPSA) is 60.0 Å². The van der Waals surface area contributed by atoms with Gasteiger partial charge in [0.15, 0.2) is 11.5 Å². The van der Waals surface area contributed by atoms with E-state index in [0.29, 0.717) is 13.2 Å². The van der Waals surface area contributed by atoms with Crippen LogP contribution in [0.1, 0.15) is 11.1 Å². The average molecular weight is 337 g/mol. The van der Waals surface area contributed by atoms with Crippen LogP contribution in [0, 0.1) is 0 Å². The van der Waals surface area contributed by atoms with Crippen molar-refractivity contribution in [1.82, 2.24) is 5.32 Å². The van der Waals surface area contributed by atoms with E-state index in [-0.39, 0.29) is 25.8 Å². The molecular weight excluding hydrogens is 318 g/mol. The number of benzene rings is 2. The standard InChI is InChI=1S/C17H19NO4.ClH/c19-8-7-18-10-13-1-4-15(5-2-13)20-11-14-3-6-16-17(9-14)22-12-21-16;/h1-6,9,18-19H,7-8,10-12H2;1H/p-1. The predicted octanol–water partition coefficient (Wildman–Crippen LogP) is -0.920. The Labute approximate surface area is 141 Å². The van der Waals surface area contributed by atoms with Crippen LogP contribution >= 0.6 is 0 Å². The van der Waals surface area contributed by atoms with Crippen molar-refractivity contribution < 1.29 is 31.7 Å². The van der Waals surface area contributed by atoms with E-state index < -0.39 is 0 Å². The van der Waals surface area contributed by atoms with Gasteiger partial charge in [0.25, 0.3) is 0 Å². The maximum atomic E-state index is 8.73. The van der Waals surface area contributed by atoms with Gasteiger partial charge >= 0.3 is 0 Å². The van der Waals surface area contributed by atoms with Crippen molar-refractivity contribution in [3.63, 3.8) is 0 Å². The number of rotatable bonds is 7. The summed E-state index contributed by atoms with van der Waals surface area (Å²) in [6.45, 7) is 2.26. The third kappa shape index (κ3) is 4.76. The molecule has 124 valence electrons. The molecule has 0 spiro atoms. The highest BCUT2D eigenvalue weighted by Crippen LogP contribution is 2.32. The zero-order valence-electron chi connectivity index (χ0n) is 12.6. The minimum absolute atomic E-state index is 0. The molecule has 0 unspecified atom stereocenters. The monoisotopic (exact) mass is 336 g/mol. The molecule has 3 rings (SSSR count). The van der Waals surface area contributed by atoms with Crippen LogP contribution in [-0.4, -0.2) is 25.1 Å². The number of fused-ring (bicyclic) bond motifs is 1. The van der Waals surface area contributed by atoms with Crippen LogP contribution in [0.15, 0.2) is 42.5 Å². The first kappa shape index (κ1) is 17.4. The predicted molar refractivity (Wildman–Crippen MR) is 82.1 cm³/mol. The minimum atomic E-state index is 0. The smallest absolute Gasteiger partial charge is 0.231 e. The molecule has 1 aliphatic rings. The molecule has 23 heavy (non-hydrogen) atoms. The van der Waals surface area contributed by atoms with Gasteiger partial charge in [-0.3, -0.25) is 0 Å². The summed E-state index contributed by atoms with van der Waals surface area (Å²) in [4.78, 5) is 0. The molecule has 0 aromatic heterocycles. The van der Waals surface area contributed by atoms with Gasteiger partial charge in [-0.2, -0.15) is 0 Å². The van der Waals surface area contributed by atoms with Crippen LogP contribution in [0.4, 0.5) is 0 Å². The largest absolute Gasteiger partial charge is 1.00 e. The van der Waals surface area contributed by atoms with Crippen LogP contribution < -0.4 is 31.9 Å².